The number of carbonyl (C=O) groups excluding carboxylic acids is 1. The molecule has 118 valence electrons. The Morgan fingerprint density at radius 2 is 1.86 bits per heavy atom. The number of halogens is 3. The molecule has 0 N–H and O–H groups in total. The summed E-state index contributed by atoms with van der Waals surface area (Å²) in [6.45, 7) is 1.70. The van der Waals surface area contributed by atoms with Crippen LogP contribution in [0.15, 0.2) is 24.3 Å². The Morgan fingerprint density at radius 3 is 2.33 bits per heavy atom. The summed E-state index contributed by atoms with van der Waals surface area (Å²) in [5, 5.41) is 0. The molecule has 0 radical (unpaired) electrons. The van der Waals surface area contributed by atoms with Gasteiger partial charge in [0.25, 0.3) is 0 Å². The van der Waals surface area contributed by atoms with Crippen molar-refractivity contribution >= 4 is 5.91 Å². The lowest BCUT2D eigenvalue weighted by Gasteiger charge is -2.21. The summed E-state index contributed by atoms with van der Waals surface area (Å²) in [5.41, 5.74) is 0.955. The minimum Gasteiger partial charge on any atom is -0.497 e. The van der Waals surface area contributed by atoms with E-state index in [4.69, 9.17) is 4.74 Å². The fourth-order valence-corrected chi connectivity index (χ4v) is 1.92. The molecule has 0 unspecified atom stereocenters. The van der Waals surface area contributed by atoms with Crippen LogP contribution < -0.4 is 4.74 Å². The van der Waals surface area contributed by atoms with E-state index in [2.05, 4.69) is 0 Å². The maximum absolute atomic E-state index is 12.2. The van der Waals surface area contributed by atoms with E-state index in [0.29, 0.717) is 6.42 Å². The summed E-state index contributed by atoms with van der Waals surface area (Å²) in [7, 11) is 1.57. The average molecular weight is 303 g/mol. The lowest BCUT2D eigenvalue weighted by Crippen LogP contribution is -2.34. The van der Waals surface area contributed by atoms with Gasteiger partial charge in [-0.05, 0) is 31.0 Å². The van der Waals surface area contributed by atoms with Crippen LogP contribution in [0.2, 0.25) is 0 Å². The molecule has 0 fully saturated rings. The van der Waals surface area contributed by atoms with Gasteiger partial charge in [-0.1, -0.05) is 12.1 Å². The first-order valence-corrected chi connectivity index (χ1v) is 6.83. The molecule has 1 amide bonds. The van der Waals surface area contributed by atoms with Crippen LogP contribution in [0.4, 0.5) is 13.2 Å². The molecule has 1 aromatic rings. The molecule has 0 saturated heterocycles. The van der Waals surface area contributed by atoms with Crippen molar-refractivity contribution in [1.29, 1.82) is 0 Å². The van der Waals surface area contributed by atoms with Crippen molar-refractivity contribution in [1.82, 2.24) is 4.90 Å². The van der Waals surface area contributed by atoms with Gasteiger partial charge in [0.1, 0.15) is 5.75 Å². The highest BCUT2D eigenvalue weighted by molar-refractivity contribution is 5.76. The smallest absolute Gasteiger partial charge is 0.390 e. The van der Waals surface area contributed by atoms with E-state index in [1.54, 1.807) is 26.2 Å². The van der Waals surface area contributed by atoms with Crippen molar-refractivity contribution in [2.75, 3.05) is 20.2 Å². The molecular weight excluding hydrogens is 283 g/mol. The van der Waals surface area contributed by atoms with E-state index >= 15 is 0 Å². The van der Waals surface area contributed by atoms with Crippen LogP contribution >= 0.6 is 0 Å². The number of aryl methyl sites for hydroxylation is 1. The topological polar surface area (TPSA) is 29.5 Å². The molecular formula is C15H20F3NO2. The van der Waals surface area contributed by atoms with Crippen molar-refractivity contribution in [2.45, 2.75) is 32.4 Å². The summed E-state index contributed by atoms with van der Waals surface area (Å²) in [6, 6.07) is 7.28. The SMILES string of the molecule is CCN(CCC(F)(F)F)C(=O)CCc1ccc(OC)cc1. The van der Waals surface area contributed by atoms with Crippen LogP contribution in [0.5, 0.6) is 5.75 Å². The predicted molar refractivity (Wildman–Crippen MR) is 74.2 cm³/mol. The molecule has 1 aromatic carbocycles. The van der Waals surface area contributed by atoms with Gasteiger partial charge in [0, 0.05) is 19.5 Å². The van der Waals surface area contributed by atoms with Crippen LogP contribution in [0.25, 0.3) is 0 Å². The monoisotopic (exact) mass is 303 g/mol. The van der Waals surface area contributed by atoms with Gasteiger partial charge >= 0.3 is 6.18 Å². The summed E-state index contributed by atoms with van der Waals surface area (Å²) >= 11 is 0. The summed E-state index contributed by atoms with van der Waals surface area (Å²) in [6.07, 6.45) is -4.48. The lowest BCUT2D eigenvalue weighted by molar-refractivity contribution is -0.145. The van der Waals surface area contributed by atoms with Gasteiger partial charge in [-0.25, -0.2) is 0 Å². The molecule has 0 aliphatic carbocycles. The van der Waals surface area contributed by atoms with Crippen molar-refractivity contribution in [3.63, 3.8) is 0 Å². The number of nitrogens with zero attached hydrogens (tertiary/aromatic N) is 1. The summed E-state index contributed by atoms with van der Waals surface area (Å²) in [5.74, 6) is 0.475. The van der Waals surface area contributed by atoms with Crippen LogP contribution in [-0.4, -0.2) is 37.2 Å². The van der Waals surface area contributed by atoms with Crippen LogP contribution in [0, 0.1) is 0 Å². The second-order valence-electron chi connectivity index (χ2n) is 4.69. The van der Waals surface area contributed by atoms with Crippen LogP contribution in [0.3, 0.4) is 0 Å². The summed E-state index contributed by atoms with van der Waals surface area (Å²) < 4.78 is 41.6. The maximum Gasteiger partial charge on any atom is 0.390 e. The molecule has 0 spiro atoms. The first kappa shape index (κ1) is 17.3. The Hall–Kier alpha value is -1.72. The molecule has 0 aliphatic heterocycles. The highest BCUT2D eigenvalue weighted by atomic mass is 19.4. The van der Waals surface area contributed by atoms with Gasteiger partial charge in [0.05, 0.1) is 13.5 Å². The number of benzene rings is 1. The lowest BCUT2D eigenvalue weighted by atomic mass is 10.1. The van der Waals surface area contributed by atoms with Gasteiger partial charge in [-0.2, -0.15) is 13.2 Å². The minimum atomic E-state index is -4.23. The second-order valence-corrected chi connectivity index (χ2v) is 4.69. The molecule has 0 bridgehead atoms. The molecule has 6 heteroatoms. The van der Waals surface area contributed by atoms with Crippen LogP contribution in [-0.2, 0) is 11.2 Å². The molecule has 0 atom stereocenters. The fraction of sp³-hybridized carbons (Fsp3) is 0.533. The minimum absolute atomic E-state index is 0.206. The third-order valence-electron chi connectivity index (χ3n) is 3.19. The molecule has 0 heterocycles. The predicted octanol–water partition coefficient (Wildman–Crippen LogP) is 3.43. The average Bonchev–Trinajstić information content (AvgIpc) is 2.45. The molecule has 3 nitrogen and oxygen atoms in total. The quantitative estimate of drug-likeness (QED) is 0.772. The van der Waals surface area contributed by atoms with Crippen molar-refractivity contribution in [3.8, 4) is 5.75 Å². The fourth-order valence-electron chi connectivity index (χ4n) is 1.92. The zero-order chi connectivity index (χ0) is 15.9. The number of hydrogen-bond acceptors (Lipinski definition) is 2. The second kappa shape index (κ2) is 7.90. The number of alkyl halides is 3. The highest BCUT2D eigenvalue weighted by Crippen LogP contribution is 2.20. The Labute approximate surface area is 122 Å². The van der Waals surface area contributed by atoms with Crippen molar-refractivity contribution in [2.24, 2.45) is 0 Å². The Kier molecular flexibility index (Phi) is 6.52. The van der Waals surface area contributed by atoms with E-state index in [-0.39, 0.29) is 25.4 Å². The van der Waals surface area contributed by atoms with Crippen molar-refractivity contribution < 1.29 is 22.7 Å². The molecule has 0 saturated carbocycles. The van der Waals surface area contributed by atoms with Crippen molar-refractivity contribution in [3.05, 3.63) is 29.8 Å². The van der Waals surface area contributed by atoms with E-state index in [1.165, 1.54) is 4.90 Å². The first-order valence-electron chi connectivity index (χ1n) is 6.83. The third-order valence-corrected chi connectivity index (χ3v) is 3.19. The van der Waals surface area contributed by atoms with Gasteiger partial charge in [-0.3, -0.25) is 4.79 Å². The Morgan fingerprint density at radius 1 is 1.24 bits per heavy atom. The molecule has 1 rings (SSSR count). The standard InChI is InChI=1S/C15H20F3NO2/c1-3-19(11-10-15(16,17)18)14(20)9-6-12-4-7-13(21-2)8-5-12/h4-5,7-8H,3,6,9-11H2,1-2H3. The number of ether oxygens (including phenoxy) is 1. The molecule has 0 aromatic heterocycles. The number of rotatable bonds is 7. The molecule has 0 aliphatic rings. The first-order chi connectivity index (χ1) is 9.85. The van der Waals surface area contributed by atoms with Gasteiger partial charge in [0.15, 0.2) is 0 Å². The van der Waals surface area contributed by atoms with Gasteiger partial charge in [-0.15, -0.1) is 0 Å². The van der Waals surface area contributed by atoms with E-state index in [1.807, 2.05) is 12.1 Å². The number of carbonyl (C=O) groups is 1. The largest absolute Gasteiger partial charge is 0.497 e. The van der Waals surface area contributed by atoms with Gasteiger partial charge < -0.3 is 9.64 Å². The summed E-state index contributed by atoms with van der Waals surface area (Å²) in [4.78, 5) is 13.2. The van der Waals surface area contributed by atoms with Gasteiger partial charge in [0.2, 0.25) is 5.91 Å². The number of hydrogen-bond donors (Lipinski definition) is 0. The zero-order valence-corrected chi connectivity index (χ0v) is 12.2. The Balaban J connectivity index is 2.46. The normalized spacial score (nSPS) is 11.3. The van der Waals surface area contributed by atoms with E-state index < -0.39 is 12.6 Å². The number of amides is 1. The number of methoxy groups -OCH3 is 1. The Bertz CT molecular complexity index is 443. The highest BCUT2D eigenvalue weighted by Gasteiger charge is 2.28. The third kappa shape index (κ3) is 6.51. The zero-order valence-electron chi connectivity index (χ0n) is 12.2. The molecule has 21 heavy (non-hydrogen) atoms. The maximum atomic E-state index is 12.2. The van der Waals surface area contributed by atoms with E-state index in [0.717, 1.165) is 11.3 Å². The van der Waals surface area contributed by atoms with Crippen LogP contribution in [0.1, 0.15) is 25.3 Å². The van der Waals surface area contributed by atoms with E-state index in [9.17, 15) is 18.0 Å².